The lowest BCUT2D eigenvalue weighted by atomic mass is 9.93. The van der Waals surface area contributed by atoms with Gasteiger partial charge in [0.15, 0.2) is 0 Å². The maximum absolute atomic E-state index is 2.62. The summed E-state index contributed by atoms with van der Waals surface area (Å²) in [6, 6.07) is 104. The first kappa shape index (κ1) is 102. The van der Waals surface area contributed by atoms with Gasteiger partial charge >= 0.3 is 0 Å². The second-order valence-electron chi connectivity index (χ2n) is 30.4. The fraction of sp³-hybridized carbons (Fsp3) is 0.302. The Morgan fingerprint density at radius 3 is 0.788 bits per heavy atom. The number of hydrogen-bond acceptors (Lipinski definition) is 0. The van der Waals surface area contributed by atoms with Crippen molar-refractivity contribution >= 4 is 65.4 Å². The van der Waals surface area contributed by atoms with Gasteiger partial charge in [-0.1, -0.05) is 450 Å². The smallest absolute Gasteiger partial charge is 0.0622 e. The van der Waals surface area contributed by atoms with E-state index in [0.29, 0.717) is 0 Å². The molecular weight excluding hydrogens is 1590 g/mol. The molecule has 0 spiro atoms. The molecule has 3 nitrogen and oxygen atoms in total. The van der Waals surface area contributed by atoms with E-state index in [0.717, 1.165) is 57.8 Å². The molecule has 0 radical (unpaired) electrons. The van der Waals surface area contributed by atoms with Gasteiger partial charge in [-0.05, 0) is 224 Å². The van der Waals surface area contributed by atoms with E-state index in [4.69, 9.17) is 0 Å². The first-order valence-electron chi connectivity index (χ1n) is 51.8. The van der Waals surface area contributed by atoms with Crippen molar-refractivity contribution in [2.24, 2.45) is 0 Å². The van der Waals surface area contributed by atoms with Crippen LogP contribution in [0.25, 0.3) is 149 Å². The van der Waals surface area contributed by atoms with Crippen LogP contribution in [0, 0.1) is 0 Å². The standard InChI is InChI=1S/3C33H21N.15C2H6/c1-4-10-25-19(6-1)14-22-16-23-15-21-8-5-11-27-28-13-12-26-24-9-3-2-7-20(24)17-30(26)33(28)34(32(21)27)31(23)18-29(22)25;1-3-9-25-20(7-1)13-23-16-32-30(17-28(23)25)27-11-5-8-21-14-24-15-22-12-19-6-2-4-10-26(19)29(22)18-31(24)34(32)33(21)27;1-3-9-25-19(6-1)15-23-17-24-16-22-8-5-11-27-28-13-12-21-14-20-7-2-4-10-26(20)31(21)33(28)34(32(22)27)30(24)18-29(23)25;15*1-2/h1-13,16,18H,14-15,17H2;1-11,15-18H,12-14H2;1-13,17-18H,14-16H2;15*1-2H3. The topological polar surface area (TPSA) is 14.8 Å². The summed E-state index contributed by atoms with van der Waals surface area (Å²) in [6.45, 7) is 60.0. The van der Waals surface area contributed by atoms with Crippen LogP contribution in [0.5, 0.6) is 0 Å². The maximum atomic E-state index is 2.62. The van der Waals surface area contributed by atoms with Gasteiger partial charge in [0.05, 0.1) is 50.2 Å². The number of fused-ring (bicyclic) bond motifs is 35. The largest absolute Gasteiger partial charge is 0.309 e. The summed E-state index contributed by atoms with van der Waals surface area (Å²) in [6.07, 6.45) is 9.24. The Labute approximate surface area is 796 Å². The molecule has 0 amide bonds. The van der Waals surface area contributed by atoms with E-state index in [-0.39, 0.29) is 0 Å². The molecule has 0 atom stereocenters. The van der Waals surface area contributed by atoms with Crippen LogP contribution in [0.2, 0.25) is 0 Å². The van der Waals surface area contributed by atoms with Crippen LogP contribution in [0.4, 0.5) is 0 Å². The quantitative estimate of drug-likeness (QED) is 0.144. The highest BCUT2D eigenvalue weighted by Gasteiger charge is 2.35. The Morgan fingerprint density at radius 1 is 0.144 bits per heavy atom. The highest BCUT2D eigenvalue weighted by Crippen LogP contribution is 2.54. The number of rotatable bonds is 0. The number of aromatic nitrogens is 3. The molecule has 132 heavy (non-hydrogen) atoms. The average molecular weight is 1750 g/mol. The van der Waals surface area contributed by atoms with Crippen molar-refractivity contribution in [2.75, 3.05) is 0 Å². The zero-order chi connectivity index (χ0) is 95.9. The fourth-order valence-electron chi connectivity index (χ4n) is 21.0. The number of para-hydroxylation sites is 3. The second-order valence-corrected chi connectivity index (χ2v) is 30.4. The van der Waals surface area contributed by atoms with Crippen LogP contribution in [0.15, 0.2) is 273 Å². The zero-order valence-corrected chi connectivity index (χ0v) is 86.2. The van der Waals surface area contributed by atoms with Crippen molar-refractivity contribution in [3.63, 3.8) is 0 Å². The Bertz CT molecular complexity index is 6960. The molecule has 0 N–H and O–H groups in total. The third-order valence-electron chi connectivity index (χ3n) is 25.2. The lowest BCUT2D eigenvalue weighted by Crippen LogP contribution is -2.09. The van der Waals surface area contributed by atoms with E-state index in [1.807, 2.05) is 208 Å². The molecule has 15 aromatic carbocycles. The van der Waals surface area contributed by atoms with E-state index >= 15 is 0 Å². The van der Waals surface area contributed by atoms with E-state index in [1.165, 1.54) is 249 Å². The van der Waals surface area contributed by atoms with Crippen LogP contribution in [0.1, 0.15) is 308 Å². The van der Waals surface area contributed by atoms with Crippen LogP contribution in [-0.2, 0) is 57.8 Å². The van der Waals surface area contributed by atoms with Gasteiger partial charge in [0, 0.05) is 63.6 Å². The molecule has 27 rings (SSSR count). The van der Waals surface area contributed by atoms with Crippen LogP contribution in [-0.4, -0.2) is 13.7 Å². The first-order chi connectivity index (χ1) is 65.5. The molecule has 3 heteroatoms. The maximum Gasteiger partial charge on any atom is 0.0622 e. The summed E-state index contributed by atoms with van der Waals surface area (Å²) in [7, 11) is 0. The normalized spacial score (nSPS) is 11.6. The summed E-state index contributed by atoms with van der Waals surface area (Å²) in [5.74, 6) is 0. The van der Waals surface area contributed by atoms with Gasteiger partial charge in [-0.25, -0.2) is 0 Å². The predicted molar refractivity (Wildman–Crippen MR) is 590 cm³/mol. The molecule has 0 bridgehead atoms. The van der Waals surface area contributed by atoms with Gasteiger partial charge in [-0.2, -0.15) is 0 Å². The van der Waals surface area contributed by atoms with Gasteiger partial charge in [0.1, 0.15) is 0 Å². The zero-order valence-electron chi connectivity index (χ0n) is 86.2. The van der Waals surface area contributed by atoms with Crippen molar-refractivity contribution in [1.82, 2.24) is 13.7 Å². The Balaban J connectivity index is 0.000000180. The summed E-state index contributed by atoms with van der Waals surface area (Å²) < 4.78 is 7.80. The second kappa shape index (κ2) is 47.7. The molecule has 0 unspecified atom stereocenters. The first-order valence-corrected chi connectivity index (χ1v) is 51.8. The molecule has 3 aliphatic heterocycles. The Hall–Kier alpha value is -12.3. The minimum atomic E-state index is 1.01. The minimum absolute atomic E-state index is 1.01. The molecule has 6 heterocycles. The van der Waals surface area contributed by atoms with Gasteiger partial charge in [-0.3, -0.25) is 0 Å². The lowest BCUT2D eigenvalue weighted by Gasteiger charge is -2.23. The van der Waals surface area contributed by atoms with E-state index < -0.39 is 0 Å². The van der Waals surface area contributed by atoms with Crippen molar-refractivity contribution in [2.45, 2.75) is 265 Å². The molecule has 18 aromatic rings. The lowest BCUT2D eigenvalue weighted by molar-refractivity contribution is 1.03. The summed E-state index contributed by atoms with van der Waals surface area (Å²) >= 11 is 0. The van der Waals surface area contributed by atoms with E-state index in [2.05, 4.69) is 287 Å². The summed E-state index contributed by atoms with van der Waals surface area (Å²) in [5, 5.41) is 8.29. The average Bonchev–Trinajstić information content (AvgIpc) is 1.56. The Kier molecular flexibility index (Phi) is 36.8. The summed E-state index contributed by atoms with van der Waals surface area (Å²) in [5.41, 5.74) is 55.6. The molecule has 3 aromatic heterocycles. The number of nitrogens with zero attached hydrogens (tertiary/aromatic N) is 3. The number of hydrogen-bond donors (Lipinski definition) is 0. The van der Waals surface area contributed by atoms with Crippen LogP contribution >= 0.6 is 0 Å². The minimum Gasteiger partial charge on any atom is -0.309 e. The number of benzene rings is 15. The van der Waals surface area contributed by atoms with Gasteiger partial charge < -0.3 is 13.7 Å². The van der Waals surface area contributed by atoms with Crippen molar-refractivity contribution < 1.29 is 0 Å². The SMILES string of the molecule is CC.CC.CC.CC.CC.CC.CC.CC.CC.CC.CC.CC.CC.CC.CC.c1ccc2c(c1)Cc1cc3c(cc1-2)-n1c2c(cccc2c2ccc4c(c21)-c1ccccc1C4)C3.c1ccc2c(c1)Cc1cc3c(cc1-2)-n1c2c(cccc2c2ccc4c(c21)Cc1ccccc1-4)C3.c1ccc2c(c1)Cc1cc3c(cc1-2)-n1c2cc4c(cc2c2cccc(c21)C3)-c1ccccc1C4. The van der Waals surface area contributed by atoms with Crippen LogP contribution < -0.4 is 0 Å². The van der Waals surface area contributed by atoms with Gasteiger partial charge in [0.2, 0.25) is 0 Å². The third-order valence-corrected chi connectivity index (χ3v) is 25.2. The molecule has 0 saturated carbocycles. The third kappa shape index (κ3) is 17.6. The van der Waals surface area contributed by atoms with Gasteiger partial charge in [-0.15, -0.1) is 0 Å². The molecule has 6 aliphatic carbocycles. The Morgan fingerprint density at radius 2 is 0.402 bits per heavy atom. The van der Waals surface area contributed by atoms with Crippen molar-refractivity contribution in [3.8, 4) is 83.8 Å². The molecule has 0 fully saturated rings. The monoisotopic (exact) mass is 1740 g/mol. The van der Waals surface area contributed by atoms with E-state index in [1.54, 1.807) is 0 Å². The highest BCUT2D eigenvalue weighted by atomic mass is 15.0. The molecular formula is C129H153N3. The molecule has 684 valence electrons. The predicted octanol–water partition coefficient (Wildman–Crippen LogP) is 38.9. The van der Waals surface area contributed by atoms with Gasteiger partial charge in [0.25, 0.3) is 0 Å². The fourth-order valence-corrected chi connectivity index (χ4v) is 21.0. The van der Waals surface area contributed by atoms with E-state index in [9.17, 15) is 0 Å². The molecule has 9 aliphatic rings. The van der Waals surface area contributed by atoms with Crippen molar-refractivity contribution in [1.29, 1.82) is 0 Å². The molecule has 0 saturated heterocycles. The summed E-state index contributed by atoms with van der Waals surface area (Å²) in [4.78, 5) is 0. The van der Waals surface area contributed by atoms with Crippen molar-refractivity contribution in [3.05, 3.63) is 373 Å². The highest BCUT2D eigenvalue weighted by molar-refractivity contribution is 6.18. The van der Waals surface area contributed by atoms with Crippen LogP contribution in [0.3, 0.4) is 0 Å².